The molecule has 1 aromatic rings. The molecule has 0 amide bonds. The number of methoxy groups -OCH3 is 1. The van der Waals surface area contributed by atoms with Crippen LogP contribution >= 0.6 is 15.9 Å². The van der Waals surface area contributed by atoms with Crippen molar-refractivity contribution in [2.45, 2.75) is 19.6 Å². The predicted octanol–water partition coefficient (Wildman–Crippen LogP) is 1.96. The van der Waals surface area contributed by atoms with Crippen molar-refractivity contribution in [3.8, 4) is 0 Å². The lowest BCUT2D eigenvalue weighted by atomic mass is 10.1. The molecular formula is C11H12BrFN2O5. The summed E-state index contributed by atoms with van der Waals surface area (Å²) in [7, 11) is 1.17. The normalized spacial score (nSPS) is 11.8. The molecule has 2 N–H and O–H groups in total. The number of hydrogen-bond donors (Lipinski definition) is 2. The summed E-state index contributed by atoms with van der Waals surface area (Å²) in [4.78, 5) is 21.4. The van der Waals surface area contributed by atoms with Crippen molar-refractivity contribution in [3.05, 3.63) is 32.0 Å². The second-order valence-corrected chi connectivity index (χ2v) is 4.71. The van der Waals surface area contributed by atoms with Gasteiger partial charge < -0.3 is 15.2 Å². The Morgan fingerprint density at radius 1 is 1.70 bits per heavy atom. The van der Waals surface area contributed by atoms with Crippen LogP contribution in [0.3, 0.4) is 0 Å². The van der Waals surface area contributed by atoms with Crippen LogP contribution in [0.25, 0.3) is 0 Å². The summed E-state index contributed by atoms with van der Waals surface area (Å²) in [5, 5.41) is 22.5. The van der Waals surface area contributed by atoms with E-state index in [2.05, 4.69) is 26.0 Å². The van der Waals surface area contributed by atoms with Crippen molar-refractivity contribution in [2.24, 2.45) is 0 Å². The highest BCUT2D eigenvalue weighted by molar-refractivity contribution is 9.10. The monoisotopic (exact) mass is 350 g/mol. The summed E-state index contributed by atoms with van der Waals surface area (Å²) in [5.74, 6) is -1.81. The third-order valence-corrected chi connectivity index (χ3v) is 3.16. The van der Waals surface area contributed by atoms with Crippen LogP contribution in [-0.2, 0) is 16.1 Å². The number of anilines is 1. The van der Waals surface area contributed by atoms with Crippen molar-refractivity contribution in [3.63, 3.8) is 0 Å². The number of carbonyl (C=O) groups excluding carboxylic acids is 1. The summed E-state index contributed by atoms with van der Waals surface area (Å²) < 4.78 is 18.6. The van der Waals surface area contributed by atoms with E-state index in [1.807, 2.05) is 0 Å². The zero-order chi connectivity index (χ0) is 15.4. The number of rotatable bonds is 5. The first-order valence-corrected chi connectivity index (χ1v) is 6.23. The standard InChI is InChI=1S/C11H12BrFN2O5/c1-5(11(17)20-2)14-9-7(12)3-6(4-16)8(13)10(9)15(18)19/h3,5,14,16H,4H2,1-2H3/t5-/m1/s1. The molecule has 110 valence electrons. The Balaban J connectivity index is 3.35. The summed E-state index contributed by atoms with van der Waals surface area (Å²) in [6.45, 7) is 0.734. The highest BCUT2D eigenvalue weighted by atomic mass is 79.9. The number of esters is 1. The van der Waals surface area contributed by atoms with Gasteiger partial charge in [-0.1, -0.05) is 0 Å². The van der Waals surface area contributed by atoms with Gasteiger partial charge in [0.1, 0.15) is 11.7 Å². The summed E-state index contributed by atoms with van der Waals surface area (Å²) in [6.07, 6.45) is 0. The highest BCUT2D eigenvalue weighted by Crippen LogP contribution is 2.37. The second-order valence-electron chi connectivity index (χ2n) is 3.86. The number of nitro benzene ring substituents is 1. The third-order valence-electron chi connectivity index (χ3n) is 2.53. The Morgan fingerprint density at radius 3 is 2.75 bits per heavy atom. The van der Waals surface area contributed by atoms with Crippen molar-refractivity contribution in [1.29, 1.82) is 0 Å². The Kier molecular flexibility index (Phi) is 5.40. The maximum absolute atomic E-state index is 13.9. The van der Waals surface area contributed by atoms with E-state index in [1.165, 1.54) is 20.1 Å². The first-order chi connectivity index (χ1) is 9.33. The molecule has 0 saturated carbocycles. The first-order valence-electron chi connectivity index (χ1n) is 5.44. The maximum Gasteiger partial charge on any atom is 0.329 e. The number of benzene rings is 1. The van der Waals surface area contributed by atoms with Crippen molar-refractivity contribution >= 4 is 33.3 Å². The fourth-order valence-corrected chi connectivity index (χ4v) is 2.12. The van der Waals surface area contributed by atoms with E-state index < -0.39 is 35.0 Å². The predicted molar refractivity (Wildman–Crippen MR) is 71.8 cm³/mol. The lowest BCUT2D eigenvalue weighted by Gasteiger charge is -2.15. The molecule has 0 heterocycles. The Labute approximate surface area is 122 Å². The molecule has 7 nitrogen and oxygen atoms in total. The van der Waals surface area contributed by atoms with Gasteiger partial charge in [-0.25, -0.2) is 4.79 Å². The van der Waals surface area contributed by atoms with E-state index in [-0.39, 0.29) is 15.7 Å². The first kappa shape index (κ1) is 16.3. The fraction of sp³-hybridized carbons (Fsp3) is 0.364. The molecule has 0 saturated heterocycles. The second kappa shape index (κ2) is 6.62. The van der Waals surface area contributed by atoms with Gasteiger partial charge in [-0.2, -0.15) is 4.39 Å². The average Bonchev–Trinajstić information content (AvgIpc) is 2.40. The Hall–Kier alpha value is -1.74. The van der Waals surface area contributed by atoms with Crippen LogP contribution < -0.4 is 5.32 Å². The largest absolute Gasteiger partial charge is 0.467 e. The van der Waals surface area contributed by atoms with Crippen LogP contribution in [0.15, 0.2) is 10.5 Å². The summed E-state index contributed by atoms with van der Waals surface area (Å²) in [6, 6.07) is 0.295. The number of nitrogens with one attached hydrogen (secondary N) is 1. The summed E-state index contributed by atoms with van der Waals surface area (Å²) >= 11 is 3.04. The summed E-state index contributed by atoms with van der Waals surface area (Å²) in [5.41, 5.74) is -1.26. The topological polar surface area (TPSA) is 102 Å². The van der Waals surface area contributed by atoms with Gasteiger partial charge >= 0.3 is 11.7 Å². The van der Waals surface area contributed by atoms with Gasteiger partial charge in [0, 0.05) is 10.0 Å². The highest BCUT2D eigenvalue weighted by Gasteiger charge is 2.28. The average molecular weight is 351 g/mol. The SMILES string of the molecule is COC(=O)[C@@H](C)Nc1c(Br)cc(CO)c(F)c1[N+](=O)[O-]. The lowest BCUT2D eigenvalue weighted by Crippen LogP contribution is -2.28. The number of hydrogen-bond acceptors (Lipinski definition) is 6. The number of aliphatic hydroxyl groups excluding tert-OH is 1. The third kappa shape index (κ3) is 3.23. The number of nitrogens with zero attached hydrogens (tertiary/aromatic N) is 1. The van der Waals surface area contributed by atoms with Crippen LogP contribution in [0.4, 0.5) is 15.8 Å². The molecule has 0 aliphatic heterocycles. The molecule has 1 aromatic carbocycles. The zero-order valence-electron chi connectivity index (χ0n) is 10.6. The van der Waals surface area contributed by atoms with Crippen LogP contribution in [-0.4, -0.2) is 29.2 Å². The van der Waals surface area contributed by atoms with Crippen LogP contribution in [0.5, 0.6) is 0 Å². The molecule has 0 unspecified atom stereocenters. The number of carbonyl (C=O) groups is 1. The zero-order valence-corrected chi connectivity index (χ0v) is 12.2. The van der Waals surface area contributed by atoms with Gasteiger partial charge in [0.25, 0.3) is 0 Å². The van der Waals surface area contributed by atoms with E-state index in [0.29, 0.717) is 0 Å². The minimum Gasteiger partial charge on any atom is -0.467 e. The quantitative estimate of drug-likeness (QED) is 0.478. The van der Waals surface area contributed by atoms with E-state index in [9.17, 15) is 19.3 Å². The lowest BCUT2D eigenvalue weighted by molar-refractivity contribution is -0.386. The van der Waals surface area contributed by atoms with Crippen molar-refractivity contribution in [1.82, 2.24) is 0 Å². The van der Waals surface area contributed by atoms with Gasteiger partial charge in [0.15, 0.2) is 0 Å². The molecule has 0 aliphatic rings. The van der Waals surface area contributed by atoms with Gasteiger partial charge in [0.05, 0.1) is 18.6 Å². The van der Waals surface area contributed by atoms with E-state index in [1.54, 1.807) is 0 Å². The molecule has 0 radical (unpaired) electrons. The van der Waals surface area contributed by atoms with Gasteiger partial charge in [-0.3, -0.25) is 10.1 Å². The molecule has 20 heavy (non-hydrogen) atoms. The molecular weight excluding hydrogens is 339 g/mol. The Morgan fingerprint density at radius 2 is 2.30 bits per heavy atom. The molecule has 0 fully saturated rings. The number of ether oxygens (including phenoxy) is 1. The van der Waals surface area contributed by atoms with Crippen molar-refractivity contribution in [2.75, 3.05) is 12.4 Å². The van der Waals surface area contributed by atoms with E-state index in [0.717, 1.165) is 0 Å². The van der Waals surface area contributed by atoms with Gasteiger partial charge in [0.2, 0.25) is 5.82 Å². The van der Waals surface area contributed by atoms with Crippen LogP contribution in [0.2, 0.25) is 0 Å². The molecule has 0 bridgehead atoms. The number of aliphatic hydroxyl groups is 1. The molecule has 0 aromatic heterocycles. The molecule has 0 aliphatic carbocycles. The molecule has 1 rings (SSSR count). The molecule has 1 atom stereocenters. The van der Waals surface area contributed by atoms with Crippen LogP contribution in [0.1, 0.15) is 12.5 Å². The van der Waals surface area contributed by atoms with Gasteiger partial charge in [-0.15, -0.1) is 0 Å². The maximum atomic E-state index is 13.9. The number of halogens is 2. The molecule has 9 heteroatoms. The van der Waals surface area contributed by atoms with Gasteiger partial charge in [-0.05, 0) is 28.9 Å². The number of nitro groups is 1. The smallest absolute Gasteiger partial charge is 0.329 e. The van der Waals surface area contributed by atoms with Crippen LogP contribution in [0, 0.1) is 15.9 Å². The molecule has 0 spiro atoms. The fourth-order valence-electron chi connectivity index (χ4n) is 1.54. The minimum absolute atomic E-state index is 0.158. The van der Waals surface area contributed by atoms with E-state index in [4.69, 9.17) is 5.11 Å². The van der Waals surface area contributed by atoms with Crippen molar-refractivity contribution < 1.29 is 24.0 Å². The van der Waals surface area contributed by atoms with E-state index >= 15 is 0 Å². The Bertz CT molecular complexity index is 552. The minimum atomic E-state index is -1.15.